The molecule has 0 atom stereocenters. The van der Waals surface area contributed by atoms with Crippen LogP contribution in [0.3, 0.4) is 0 Å². The minimum Gasteiger partial charge on any atom is -0.208 e. The summed E-state index contributed by atoms with van der Waals surface area (Å²) in [4.78, 5) is 14.8. The van der Waals surface area contributed by atoms with E-state index in [0.29, 0.717) is 23.0 Å². The average molecular weight is 791 g/mol. The van der Waals surface area contributed by atoms with E-state index in [2.05, 4.69) is 202 Å². The molecule has 0 amide bonds. The van der Waals surface area contributed by atoms with E-state index in [9.17, 15) is 5.26 Å². The van der Waals surface area contributed by atoms with Crippen molar-refractivity contribution in [1.82, 2.24) is 15.0 Å². The summed E-state index contributed by atoms with van der Waals surface area (Å²) in [5, 5.41) is 12.0. The van der Waals surface area contributed by atoms with Gasteiger partial charge in [0, 0.05) is 16.7 Å². The Balaban J connectivity index is 0.892. The van der Waals surface area contributed by atoms with Crippen molar-refractivity contribution in [2.75, 3.05) is 0 Å². The molecule has 1 heterocycles. The molecule has 0 unspecified atom stereocenters. The van der Waals surface area contributed by atoms with Gasteiger partial charge in [0.25, 0.3) is 0 Å². The van der Waals surface area contributed by atoms with Gasteiger partial charge in [0.15, 0.2) is 17.5 Å². The van der Waals surface area contributed by atoms with Crippen LogP contribution in [0, 0.1) is 25.2 Å². The Bertz CT molecular complexity index is 3270. The lowest BCUT2D eigenvalue weighted by Crippen LogP contribution is -2.00. The molecule has 1 aromatic heterocycles. The van der Waals surface area contributed by atoms with E-state index >= 15 is 0 Å². The zero-order chi connectivity index (χ0) is 41.7. The van der Waals surface area contributed by atoms with Crippen LogP contribution in [0.25, 0.3) is 112 Å². The summed E-state index contributed by atoms with van der Waals surface area (Å²) >= 11 is 0. The Morgan fingerprint density at radius 1 is 0.290 bits per heavy atom. The summed E-state index contributed by atoms with van der Waals surface area (Å²) in [5.74, 6) is 1.95. The summed E-state index contributed by atoms with van der Waals surface area (Å²) in [5.41, 5.74) is 20.2. The fraction of sp³-hybridized carbons (Fsp3) is 0.0345. The number of nitriles is 1. The van der Waals surface area contributed by atoms with Crippen LogP contribution < -0.4 is 0 Å². The molecular formula is C58H38N4. The maximum atomic E-state index is 9.49. The molecule has 4 heteroatoms. The Hall–Kier alpha value is -8.26. The van der Waals surface area contributed by atoms with Gasteiger partial charge in [-0.25, -0.2) is 15.0 Å². The first-order chi connectivity index (χ1) is 30.5. The van der Waals surface area contributed by atoms with E-state index in [-0.39, 0.29) is 0 Å². The van der Waals surface area contributed by atoms with Gasteiger partial charge in [-0.05, 0) is 104 Å². The Morgan fingerprint density at radius 2 is 0.581 bits per heavy atom. The third-order valence-electron chi connectivity index (χ3n) is 12.1. The first-order valence-electron chi connectivity index (χ1n) is 20.9. The molecule has 1 aliphatic rings. The van der Waals surface area contributed by atoms with E-state index in [1.165, 1.54) is 49.7 Å². The summed E-state index contributed by atoms with van der Waals surface area (Å²) in [6.07, 6.45) is 0. The molecule has 0 aliphatic heterocycles. The van der Waals surface area contributed by atoms with Crippen molar-refractivity contribution in [2.45, 2.75) is 13.8 Å². The van der Waals surface area contributed by atoms with E-state index in [1.807, 2.05) is 12.1 Å². The van der Waals surface area contributed by atoms with Gasteiger partial charge in [-0.1, -0.05) is 193 Å². The summed E-state index contributed by atoms with van der Waals surface area (Å²) in [6, 6.07) is 70.8. The van der Waals surface area contributed by atoms with Crippen molar-refractivity contribution >= 4 is 10.8 Å². The van der Waals surface area contributed by atoms with Crippen molar-refractivity contribution in [3.8, 4) is 107 Å². The number of hydrogen-bond donors (Lipinski definition) is 0. The summed E-state index contributed by atoms with van der Waals surface area (Å²) in [6.45, 7) is 4.16. The van der Waals surface area contributed by atoms with Gasteiger partial charge in [0.1, 0.15) is 0 Å². The lowest BCUT2D eigenvalue weighted by molar-refractivity contribution is 1.07. The van der Waals surface area contributed by atoms with Crippen LogP contribution in [0.15, 0.2) is 194 Å². The molecule has 4 nitrogen and oxygen atoms in total. The minimum atomic E-state index is 0.643. The number of aromatic nitrogens is 3. The second kappa shape index (κ2) is 15.1. The molecule has 62 heavy (non-hydrogen) atoms. The summed E-state index contributed by atoms with van der Waals surface area (Å²) < 4.78 is 0. The van der Waals surface area contributed by atoms with Crippen LogP contribution in [0.5, 0.6) is 0 Å². The van der Waals surface area contributed by atoms with Gasteiger partial charge in [0.2, 0.25) is 0 Å². The summed E-state index contributed by atoms with van der Waals surface area (Å²) in [7, 11) is 0. The predicted molar refractivity (Wildman–Crippen MR) is 254 cm³/mol. The first kappa shape index (κ1) is 36.8. The van der Waals surface area contributed by atoms with Gasteiger partial charge in [-0.15, -0.1) is 0 Å². The monoisotopic (exact) mass is 790 g/mol. The van der Waals surface area contributed by atoms with E-state index < -0.39 is 0 Å². The molecule has 11 rings (SSSR count). The Labute approximate surface area is 361 Å². The number of rotatable bonds is 7. The molecule has 0 fully saturated rings. The Morgan fingerprint density at radius 3 is 0.952 bits per heavy atom. The van der Waals surface area contributed by atoms with Crippen LogP contribution >= 0.6 is 0 Å². The Kier molecular flexibility index (Phi) is 8.95. The predicted octanol–water partition coefficient (Wildman–Crippen LogP) is 14.8. The van der Waals surface area contributed by atoms with E-state index in [0.717, 1.165) is 55.6 Å². The lowest BCUT2D eigenvalue weighted by atomic mass is 9.88. The van der Waals surface area contributed by atoms with Crippen molar-refractivity contribution in [3.05, 3.63) is 211 Å². The number of fused-ring (bicyclic) bond motifs is 3. The van der Waals surface area contributed by atoms with Crippen LogP contribution in [0.4, 0.5) is 0 Å². The van der Waals surface area contributed by atoms with Gasteiger partial charge < -0.3 is 0 Å². The average Bonchev–Trinajstić information content (AvgIpc) is 3.66. The van der Waals surface area contributed by atoms with Crippen molar-refractivity contribution < 1.29 is 0 Å². The van der Waals surface area contributed by atoms with Gasteiger partial charge in [-0.3, -0.25) is 0 Å². The second-order valence-corrected chi connectivity index (χ2v) is 16.1. The standard InChI is InChI=1S/C58H38N4/c1-36-7-13-45(14-8-36)56-60-57(46-15-9-37(2)10-16-46)62-58(61-56)47-29-25-42(26-30-47)40-21-19-39(20-22-40)41-23-27-44(28-24-41)49-32-34-53-51-6-4-3-5-50(51)52-33-31-48(54(49)55(52)53)43-17-11-38(35-59)12-18-43/h3-34H,1-2H3. The third kappa shape index (κ3) is 6.54. The van der Waals surface area contributed by atoms with Crippen LogP contribution in [-0.4, -0.2) is 15.0 Å². The van der Waals surface area contributed by atoms with Crippen LogP contribution in [0.2, 0.25) is 0 Å². The molecule has 9 aromatic carbocycles. The van der Waals surface area contributed by atoms with E-state index in [1.54, 1.807) is 0 Å². The van der Waals surface area contributed by atoms with Crippen molar-refractivity contribution in [2.24, 2.45) is 0 Å². The molecule has 0 saturated heterocycles. The number of benzene rings is 9. The fourth-order valence-electron chi connectivity index (χ4n) is 8.78. The van der Waals surface area contributed by atoms with Crippen molar-refractivity contribution in [3.63, 3.8) is 0 Å². The largest absolute Gasteiger partial charge is 0.208 e. The fourth-order valence-corrected chi connectivity index (χ4v) is 8.78. The van der Waals surface area contributed by atoms with Crippen molar-refractivity contribution in [1.29, 1.82) is 5.26 Å². The second-order valence-electron chi connectivity index (χ2n) is 16.1. The number of hydrogen-bond acceptors (Lipinski definition) is 4. The van der Waals surface area contributed by atoms with E-state index in [4.69, 9.17) is 15.0 Å². The minimum absolute atomic E-state index is 0.643. The van der Waals surface area contributed by atoms with Gasteiger partial charge in [0.05, 0.1) is 11.6 Å². The highest BCUT2D eigenvalue weighted by molar-refractivity contribution is 6.22. The molecule has 0 spiro atoms. The zero-order valence-electron chi connectivity index (χ0n) is 34.3. The molecule has 10 aromatic rings. The molecule has 1 aliphatic carbocycles. The molecule has 0 bridgehead atoms. The van der Waals surface area contributed by atoms with Crippen LogP contribution in [-0.2, 0) is 0 Å². The normalized spacial score (nSPS) is 11.4. The smallest absolute Gasteiger partial charge is 0.164 e. The maximum Gasteiger partial charge on any atom is 0.164 e. The highest BCUT2D eigenvalue weighted by atomic mass is 15.0. The number of nitrogens with zero attached hydrogens (tertiary/aromatic N) is 4. The topological polar surface area (TPSA) is 62.5 Å². The van der Waals surface area contributed by atoms with Gasteiger partial charge in [-0.2, -0.15) is 5.26 Å². The third-order valence-corrected chi connectivity index (χ3v) is 12.1. The molecule has 290 valence electrons. The first-order valence-corrected chi connectivity index (χ1v) is 20.9. The highest BCUT2D eigenvalue weighted by Crippen LogP contribution is 2.52. The number of aryl methyl sites for hydroxylation is 2. The molecular weight excluding hydrogens is 753 g/mol. The molecule has 0 radical (unpaired) electrons. The quantitative estimate of drug-likeness (QED) is 0.161. The van der Waals surface area contributed by atoms with Crippen LogP contribution in [0.1, 0.15) is 16.7 Å². The highest BCUT2D eigenvalue weighted by Gasteiger charge is 2.25. The lowest BCUT2D eigenvalue weighted by Gasteiger charge is -2.15. The molecule has 0 saturated carbocycles. The van der Waals surface area contributed by atoms with Gasteiger partial charge >= 0.3 is 0 Å². The SMILES string of the molecule is Cc1ccc(-c2nc(-c3ccc(C)cc3)nc(-c3ccc(-c4ccc(-c5ccc(-c6ccc7c8c(ccc(-c9ccc(C#N)cc9)c68)-c6ccccc6-7)cc5)cc4)cc3)n2)cc1. The molecule has 0 N–H and O–H groups in total. The maximum absolute atomic E-state index is 9.49. The zero-order valence-corrected chi connectivity index (χ0v) is 34.3.